The van der Waals surface area contributed by atoms with E-state index in [9.17, 15) is 0 Å². The highest BCUT2D eigenvalue weighted by Gasteiger charge is 2.16. The van der Waals surface area contributed by atoms with Crippen LogP contribution in [0.1, 0.15) is 27.2 Å². The van der Waals surface area contributed by atoms with Gasteiger partial charge in [0.05, 0.1) is 0 Å². The molecule has 0 aromatic rings. The lowest BCUT2D eigenvalue weighted by Gasteiger charge is -2.09. The third kappa shape index (κ3) is 1.40. The molecule has 0 aromatic carbocycles. The minimum Gasteiger partial charge on any atom is -0.307 e. The van der Waals surface area contributed by atoms with E-state index >= 15 is 0 Å². The second kappa shape index (κ2) is 3.20. The minimum atomic E-state index is 0.630. The van der Waals surface area contributed by atoms with E-state index in [2.05, 4.69) is 32.5 Å². The first-order valence-electron chi connectivity index (χ1n) is 3.93. The third-order valence-electron chi connectivity index (χ3n) is 2.28. The summed E-state index contributed by atoms with van der Waals surface area (Å²) in [5.41, 5.74) is 3.06. The highest BCUT2D eigenvalue weighted by atomic mass is 14.9. The van der Waals surface area contributed by atoms with Crippen molar-refractivity contribution in [1.29, 1.82) is 0 Å². The topological polar surface area (TPSA) is 12.0 Å². The standard InChI is InChI=1S/C9H16N/c1-4-5-9-8(3)7(2)6-10-9/h4,9-10H,5-6H2,1-3H3. The second-order valence-electron chi connectivity index (χ2n) is 3.04. The molecule has 0 fully saturated rings. The molecule has 1 atom stereocenters. The van der Waals surface area contributed by atoms with Crippen molar-refractivity contribution >= 4 is 0 Å². The zero-order valence-electron chi connectivity index (χ0n) is 7.07. The summed E-state index contributed by atoms with van der Waals surface area (Å²) in [6, 6.07) is 0.630. The summed E-state index contributed by atoms with van der Waals surface area (Å²) in [6.07, 6.45) is 3.39. The van der Waals surface area contributed by atoms with Gasteiger partial charge in [-0.1, -0.05) is 18.1 Å². The predicted molar refractivity (Wildman–Crippen MR) is 44.8 cm³/mol. The van der Waals surface area contributed by atoms with Crippen molar-refractivity contribution in [2.75, 3.05) is 6.54 Å². The van der Waals surface area contributed by atoms with Crippen LogP contribution in [-0.2, 0) is 0 Å². The number of nitrogens with one attached hydrogen (secondary N) is 1. The highest BCUT2D eigenvalue weighted by Crippen LogP contribution is 2.17. The van der Waals surface area contributed by atoms with Gasteiger partial charge in [0.25, 0.3) is 0 Å². The molecule has 1 radical (unpaired) electrons. The maximum absolute atomic E-state index is 3.45. The monoisotopic (exact) mass is 138 g/mol. The molecule has 0 amide bonds. The average Bonchev–Trinajstić information content (AvgIpc) is 2.20. The zero-order valence-corrected chi connectivity index (χ0v) is 7.07. The fourth-order valence-electron chi connectivity index (χ4n) is 1.36. The Balaban J connectivity index is 2.50. The van der Waals surface area contributed by atoms with Crippen molar-refractivity contribution in [1.82, 2.24) is 5.32 Å². The summed E-state index contributed by atoms with van der Waals surface area (Å²) in [4.78, 5) is 0. The molecule has 1 aliphatic heterocycles. The smallest absolute Gasteiger partial charge is 0.0285 e. The maximum Gasteiger partial charge on any atom is 0.0285 e. The minimum absolute atomic E-state index is 0.630. The van der Waals surface area contributed by atoms with E-state index in [1.165, 1.54) is 17.6 Å². The van der Waals surface area contributed by atoms with E-state index in [0.717, 1.165) is 6.54 Å². The van der Waals surface area contributed by atoms with Crippen molar-refractivity contribution in [3.05, 3.63) is 17.6 Å². The summed E-state index contributed by atoms with van der Waals surface area (Å²) in [5.74, 6) is 0. The van der Waals surface area contributed by atoms with Gasteiger partial charge >= 0.3 is 0 Å². The average molecular weight is 138 g/mol. The SMILES string of the molecule is C[CH]CC1NCC(C)=C1C. The van der Waals surface area contributed by atoms with Crippen molar-refractivity contribution in [2.24, 2.45) is 0 Å². The van der Waals surface area contributed by atoms with Gasteiger partial charge in [-0.3, -0.25) is 0 Å². The van der Waals surface area contributed by atoms with Crippen molar-refractivity contribution < 1.29 is 0 Å². The Labute approximate surface area is 63.5 Å². The van der Waals surface area contributed by atoms with E-state index in [4.69, 9.17) is 0 Å². The van der Waals surface area contributed by atoms with Gasteiger partial charge in [-0.15, -0.1) is 0 Å². The van der Waals surface area contributed by atoms with E-state index in [1.807, 2.05) is 0 Å². The molecule has 1 aliphatic rings. The molecule has 57 valence electrons. The van der Waals surface area contributed by atoms with Crippen molar-refractivity contribution in [3.63, 3.8) is 0 Å². The van der Waals surface area contributed by atoms with Crippen LogP contribution in [0.4, 0.5) is 0 Å². The molecule has 0 bridgehead atoms. The Kier molecular flexibility index (Phi) is 2.50. The Hall–Kier alpha value is -0.300. The molecule has 1 nitrogen and oxygen atoms in total. The number of rotatable bonds is 2. The van der Waals surface area contributed by atoms with Crippen LogP contribution in [0.15, 0.2) is 11.1 Å². The van der Waals surface area contributed by atoms with Crippen LogP contribution in [-0.4, -0.2) is 12.6 Å². The summed E-state index contributed by atoms with van der Waals surface area (Å²) in [5, 5.41) is 3.45. The van der Waals surface area contributed by atoms with Gasteiger partial charge in [-0.25, -0.2) is 0 Å². The molecule has 1 N–H and O–H groups in total. The second-order valence-corrected chi connectivity index (χ2v) is 3.04. The van der Waals surface area contributed by atoms with Crippen LogP contribution in [0.2, 0.25) is 0 Å². The Morgan fingerprint density at radius 2 is 2.30 bits per heavy atom. The fourth-order valence-corrected chi connectivity index (χ4v) is 1.36. The lowest BCUT2D eigenvalue weighted by atomic mass is 10.0. The molecule has 0 saturated heterocycles. The van der Waals surface area contributed by atoms with Gasteiger partial charge < -0.3 is 5.32 Å². The van der Waals surface area contributed by atoms with Crippen LogP contribution in [0, 0.1) is 6.42 Å². The molecule has 10 heavy (non-hydrogen) atoms. The normalized spacial score (nSPS) is 26.1. The molecular formula is C9H16N. The number of hydrogen-bond donors (Lipinski definition) is 1. The van der Waals surface area contributed by atoms with Crippen molar-refractivity contribution in [3.8, 4) is 0 Å². The first-order valence-corrected chi connectivity index (χ1v) is 3.93. The van der Waals surface area contributed by atoms with E-state index in [-0.39, 0.29) is 0 Å². The largest absolute Gasteiger partial charge is 0.307 e. The summed E-state index contributed by atoms with van der Waals surface area (Å²) in [6.45, 7) is 7.63. The zero-order chi connectivity index (χ0) is 7.56. The van der Waals surface area contributed by atoms with Gasteiger partial charge in [0.15, 0.2) is 0 Å². The predicted octanol–water partition coefficient (Wildman–Crippen LogP) is 1.91. The molecule has 1 heterocycles. The fraction of sp³-hybridized carbons (Fsp3) is 0.667. The van der Waals surface area contributed by atoms with Crippen LogP contribution < -0.4 is 5.32 Å². The van der Waals surface area contributed by atoms with Gasteiger partial charge in [-0.05, 0) is 26.7 Å². The first kappa shape index (κ1) is 7.80. The molecule has 1 unspecified atom stereocenters. The molecule has 0 aliphatic carbocycles. The Bertz CT molecular complexity index is 147. The molecular weight excluding hydrogens is 122 g/mol. The van der Waals surface area contributed by atoms with Gasteiger partial charge in [0, 0.05) is 12.6 Å². The first-order chi connectivity index (χ1) is 4.75. The maximum atomic E-state index is 3.45. The van der Waals surface area contributed by atoms with Crippen molar-refractivity contribution in [2.45, 2.75) is 33.2 Å². The third-order valence-corrected chi connectivity index (χ3v) is 2.28. The van der Waals surface area contributed by atoms with Crippen LogP contribution in [0.3, 0.4) is 0 Å². The van der Waals surface area contributed by atoms with Crippen LogP contribution in [0.25, 0.3) is 0 Å². The molecule has 0 aromatic heterocycles. The lowest BCUT2D eigenvalue weighted by molar-refractivity contribution is 0.634. The van der Waals surface area contributed by atoms with Crippen LogP contribution in [0.5, 0.6) is 0 Å². The molecule has 0 saturated carbocycles. The summed E-state index contributed by atoms with van der Waals surface area (Å²) >= 11 is 0. The summed E-state index contributed by atoms with van der Waals surface area (Å²) in [7, 11) is 0. The van der Waals surface area contributed by atoms with Crippen LogP contribution >= 0.6 is 0 Å². The highest BCUT2D eigenvalue weighted by molar-refractivity contribution is 5.23. The van der Waals surface area contributed by atoms with Gasteiger partial charge in [-0.2, -0.15) is 0 Å². The lowest BCUT2D eigenvalue weighted by Crippen LogP contribution is -2.23. The number of hydrogen-bond acceptors (Lipinski definition) is 1. The van der Waals surface area contributed by atoms with E-state index < -0.39 is 0 Å². The quantitative estimate of drug-likeness (QED) is 0.575. The van der Waals surface area contributed by atoms with E-state index in [1.54, 1.807) is 0 Å². The Morgan fingerprint density at radius 3 is 2.70 bits per heavy atom. The van der Waals surface area contributed by atoms with Gasteiger partial charge in [0.2, 0.25) is 0 Å². The van der Waals surface area contributed by atoms with E-state index in [0.29, 0.717) is 6.04 Å². The molecule has 1 rings (SSSR count). The molecule has 1 heteroatoms. The summed E-state index contributed by atoms with van der Waals surface area (Å²) < 4.78 is 0. The molecule has 0 spiro atoms. The van der Waals surface area contributed by atoms with Gasteiger partial charge in [0.1, 0.15) is 0 Å². The Morgan fingerprint density at radius 1 is 1.60 bits per heavy atom.